The van der Waals surface area contributed by atoms with E-state index < -0.39 is 0 Å². The van der Waals surface area contributed by atoms with Gasteiger partial charge >= 0.3 is 0 Å². The van der Waals surface area contributed by atoms with Crippen LogP contribution in [0.15, 0.2) is 0 Å². The molecule has 0 heterocycles. The monoisotopic (exact) mass is 183 g/mol. The van der Waals surface area contributed by atoms with E-state index in [9.17, 15) is 0 Å². The van der Waals surface area contributed by atoms with Crippen LogP contribution in [0.5, 0.6) is 0 Å². The first-order valence-electron chi connectivity index (χ1n) is 5.70. The lowest BCUT2D eigenvalue weighted by Crippen LogP contribution is -2.36. The van der Waals surface area contributed by atoms with E-state index in [4.69, 9.17) is 10.5 Å². The maximum atomic E-state index is 5.84. The highest BCUT2D eigenvalue weighted by Crippen LogP contribution is 2.31. The van der Waals surface area contributed by atoms with E-state index in [1.165, 1.54) is 38.5 Å². The Balaban J connectivity index is 1.54. The van der Waals surface area contributed by atoms with Gasteiger partial charge in [0.05, 0.1) is 6.10 Å². The van der Waals surface area contributed by atoms with Crippen LogP contribution in [-0.2, 0) is 4.74 Å². The Morgan fingerprint density at radius 1 is 1.08 bits per heavy atom. The minimum absolute atomic E-state index is 0.550. The normalized spacial score (nSPS) is 34.8. The Morgan fingerprint density at radius 2 is 1.77 bits per heavy atom. The molecule has 0 bridgehead atoms. The second kappa shape index (κ2) is 4.43. The second-order valence-corrected chi connectivity index (χ2v) is 4.68. The summed E-state index contributed by atoms with van der Waals surface area (Å²) in [5.74, 6) is 1.63. The van der Waals surface area contributed by atoms with E-state index in [1.807, 2.05) is 0 Å². The third-order valence-electron chi connectivity index (χ3n) is 3.57. The fourth-order valence-corrected chi connectivity index (χ4v) is 2.45. The zero-order valence-corrected chi connectivity index (χ0v) is 8.37. The van der Waals surface area contributed by atoms with E-state index in [-0.39, 0.29) is 0 Å². The molecule has 2 fully saturated rings. The Bertz CT molecular complexity index is 148. The molecule has 0 radical (unpaired) electrons. The van der Waals surface area contributed by atoms with Crippen LogP contribution < -0.4 is 5.73 Å². The fraction of sp³-hybridized carbons (Fsp3) is 1.00. The summed E-state index contributed by atoms with van der Waals surface area (Å²) in [5, 5.41) is 0. The van der Waals surface area contributed by atoms with E-state index >= 15 is 0 Å². The Kier molecular flexibility index (Phi) is 3.23. The van der Waals surface area contributed by atoms with Crippen molar-refractivity contribution in [2.45, 2.75) is 44.6 Å². The maximum Gasteiger partial charge on any atom is 0.0581 e. The molecule has 0 aromatic heterocycles. The van der Waals surface area contributed by atoms with Gasteiger partial charge in [-0.3, -0.25) is 0 Å². The second-order valence-electron chi connectivity index (χ2n) is 4.68. The van der Waals surface area contributed by atoms with Crippen molar-refractivity contribution in [2.75, 3.05) is 13.2 Å². The molecule has 76 valence electrons. The molecule has 0 amide bonds. The van der Waals surface area contributed by atoms with Gasteiger partial charge in [0, 0.05) is 6.61 Å². The molecular weight excluding hydrogens is 162 g/mol. The maximum absolute atomic E-state index is 5.84. The van der Waals surface area contributed by atoms with Crippen molar-refractivity contribution >= 4 is 0 Å². The first-order chi connectivity index (χ1) is 6.38. The summed E-state index contributed by atoms with van der Waals surface area (Å²) >= 11 is 0. The molecule has 2 aliphatic carbocycles. The summed E-state index contributed by atoms with van der Waals surface area (Å²) in [5.41, 5.74) is 5.56. The fourth-order valence-electron chi connectivity index (χ4n) is 2.45. The summed E-state index contributed by atoms with van der Waals surface area (Å²) < 4.78 is 5.84. The molecule has 0 spiro atoms. The highest BCUT2D eigenvalue weighted by atomic mass is 16.5. The van der Waals surface area contributed by atoms with Gasteiger partial charge in [-0.15, -0.1) is 0 Å². The number of hydrogen-bond donors (Lipinski definition) is 1. The van der Waals surface area contributed by atoms with Gasteiger partial charge in [0.25, 0.3) is 0 Å². The van der Waals surface area contributed by atoms with Gasteiger partial charge in [0.1, 0.15) is 0 Å². The van der Waals surface area contributed by atoms with Gasteiger partial charge in [-0.2, -0.15) is 0 Å². The molecule has 0 aromatic rings. The van der Waals surface area contributed by atoms with Gasteiger partial charge in [0.2, 0.25) is 0 Å². The first kappa shape index (κ1) is 9.47. The Morgan fingerprint density at radius 3 is 2.38 bits per heavy atom. The number of ether oxygens (including phenoxy) is 1. The van der Waals surface area contributed by atoms with Crippen molar-refractivity contribution in [1.82, 2.24) is 0 Å². The molecule has 2 nitrogen and oxygen atoms in total. The Labute approximate surface area is 80.8 Å². The van der Waals surface area contributed by atoms with Gasteiger partial charge in [-0.05, 0) is 44.1 Å². The summed E-state index contributed by atoms with van der Waals surface area (Å²) in [6, 6.07) is 0. The van der Waals surface area contributed by atoms with Crippen LogP contribution in [0.2, 0.25) is 0 Å². The summed E-state index contributed by atoms with van der Waals surface area (Å²) in [7, 11) is 0. The zero-order valence-electron chi connectivity index (χ0n) is 8.37. The molecule has 13 heavy (non-hydrogen) atoms. The van der Waals surface area contributed by atoms with Crippen LogP contribution in [0, 0.1) is 11.8 Å². The quantitative estimate of drug-likeness (QED) is 0.723. The largest absolute Gasteiger partial charge is 0.378 e. The lowest BCUT2D eigenvalue weighted by atomic mass is 9.82. The van der Waals surface area contributed by atoms with E-state index in [1.54, 1.807) is 0 Å². The summed E-state index contributed by atoms with van der Waals surface area (Å²) in [4.78, 5) is 0. The van der Waals surface area contributed by atoms with Crippen molar-refractivity contribution in [2.24, 2.45) is 17.6 Å². The molecule has 2 heteroatoms. The minimum Gasteiger partial charge on any atom is -0.378 e. The van der Waals surface area contributed by atoms with Crippen LogP contribution in [0.25, 0.3) is 0 Å². The number of rotatable bonds is 4. The van der Waals surface area contributed by atoms with Crippen molar-refractivity contribution < 1.29 is 4.74 Å². The third-order valence-corrected chi connectivity index (χ3v) is 3.57. The first-order valence-corrected chi connectivity index (χ1v) is 5.70. The van der Waals surface area contributed by atoms with Crippen molar-refractivity contribution in [3.8, 4) is 0 Å². The topological polar surface area (TPSA) is 35.2 Å². The lowest BCUT2D eigenvalue weighted by Gasteiger charge is -2.34. The highest BCUT2D eigenvalue weighted by molar-refractivity contribution is 4.81. The SMILES string of the molecule is NCC1CC(OCC2CCCC2)C1. The van der Waals surface area contributed by atoms with E-state index in [0.29, 0.717) is 6.10 Å². The summed E-state index contributed by atoms with van der Waals surface area (Å²) in [6.45, 7) is 1.87. The Hall–Kier alpha value is -0.0800. The van der Waals surface area contributed by atoms with Crippen LogP contribution in [0.4, 0.5) is 0 Å². The average Bonchev–Trinajstić information content (AvgIpc) is 2.54. The smallest absolute Gasteiger partial charge is 0.0581 e. The molecule has 0 aliphatic heterocycles. The highest BCUT2D eigenvalue weighted by Gasteiger charge is 2.29. The van der Waals surface area contributed by atoms with Gasteiger partial charge in [0.15, 0.2) is 0 Å². The van der Waals surface area contributed by atoms with Gasteiger partial charge in [-0.1, -0.05) is 12.8 Å². The van der Waals surface area contributed by atoms with Crippen LogP contribution >= 0.6 is 0 Å². The predicted octanol–water partition coefficient (Wildman–Crippen LogP) is 1.93. The molecule has 2 rings (SSSR count). The zero-order chi connectivity index (χ0) is 9.10. The standard InChI is InChI=1S/C11H21NO/c12-7-10-5-11(6-10)13-8-9-3-1-2-4-9/h9-11H,1-8,12H2. The lowest BCUT2D eigenvalue weighted by molar-refractivity contribution is -0.0416. The number of hydrogen-bond acceptors (Lipinski definition) is 2. The molecule has 2 saturated carbocycles. The molecule has 2 N–H and O–H groups in total. The average molecular weight is 183 g/mol. The van der Waals surface area contributed by atoms with Crippen LogP contribution in [0.3, 0.4) is 0 Å². The van der Waals surface area contributed by atoms with Crippen molar-refractivity contribution in [1.29, 1.82) is 0 Å². The molecule has 2 aliphatic rings. The molecule has 0 atom stereocenters. The van der Waals surface area contributed by atoms with Gasteiger partial charge in [-0.25, -0.2) is 0 Å². The number of nitrogens with two attached hydrogens (primary N) is 1. The van der Waals surface area contributed by atoms with Gasteiger partial charge < -0.3 is 10.5 Å². The minimum atomic E-state index is 0.550. The molecule has 0 unspecified atom stereocenters. The van der Waals surface area contributed by atoms with E-state index in [2.05, 4.69) is 0 Å². The van der Waals surface area contributed by atoms with Crippen LogP contribution in [0.1, 0.15) is 38.5 Å². The molecular formula is C11H21NO. The van der Waals surface area contributed by atoms with Crippen molar-refractivity contribution in [3.63, 3.8) is 0 Å². The molecule has 0 aromatic carbocycles. The van der Waals surface area contributed by atoms with E-state index in [0.717, 1.165) is 25.0 Å². The van der Waals surface area contributed by atoms with Crippen molar-refractivity contribution in [3.05, 3.63) is 0 Å². The molecule has 0 saturated heterocycles. The summed E-state index contributed by atoms with van der Waals surface area (Å²) in [6.07, 6.45) is 8.61. The third kappa shape index (κ3) is 2.44. The van der Waals surface area contributed by atoms with Crippen LogP contribution in [-0.4, -0.2) is 19.3 Å². The predicted molar refractivity (Wildman–Crippen MR) is 53.5 cm³/mol.